The standard InChI is InChI=1S/C16H34N2S/c1-7-14(11-19-6)18-12-16(8-2,9-3)17-10-15(18)13(4)5/h13-15,17H,7-12H2,1-6H3. The van der Waals surface area contributed by atoms with Crippen LogP contribution in [0, 0.1) is 5.92 Å². The quantitative estimate of drug-likeness (QED) is 0.769. The molecule has 0 aromatic rings. The first-order valence-corrected chi connectivity index (χ1v) is 9.42. The monoisotopic (exact) mass is 286 g/mol. The molecule has 1 rings (SSSR count). The Balaban J connectivity index is 2.89. The van der Waals surface area contributed by atoms with Gasteiger partial charge in [-0.1, -0.05) is 34.6 Å². The van der Waals surface area contributed by atoms with Crippen LogP contribution in [-0.2, 0) is 0 Å². The van der Waals surface area contributed by atoms with Crippen LogP contribution in [0.3, 0.4) is 0 Å². The fourth-order valence-corrected chi connectivity index (χ4v) is 4.16. The van der Waals surface area contributed by atoms with E-state index in [0.717, 1.165) is 18.5 Å². The maximum absolute atomic E-state index is 3.87. The lowest BCUT2D eigenvalue weighted by Gasteiger charge is -2.51. The normalized spacial score (nSPS) is 25.7. The highest BCUT2D eigenvalue weighted by atomic mass is 32.2. The Morgan fingerprint density at radius 2 is 1.89 bits per heavy atom. The Morgan fingerprint density at radius 1 is 1.26 bits per heavy atom. The topological polar surface area (TPSA) is 15.3 Å². The lowest BCUT2D eigenvalue weighted by atomic mass is 9.85. The van der Waals surface area contributed by atoms with Gasteiger partial charge in [0.1, 0.15) is 0 Å². The van der Waals surface area contributed by atoms with E-state index in [4.69, 9.17) is 0 Å². The van der Waals surface area contributed by atoms with Crippen molar-refractivity contribution in [2.24, 2.45) is 5.92 Å². The van der Waals surface area contributed by atoms with Gasteiger partial charge in [-0.25, -0.2) is 0 Å². The first-order chi connectivity index (χ1) is 9.03. The fraction of sp³-hybridized carbons (Fsp3) is 1.00. The third-order valence-electron chi connectivity index (χ3n) is 5.02. The van der Waals surface area contributed by atoms with E-state index in [1.165, 1.54) is 31.6 Å². The number of hydrogen-bond donors (Lipinski definition) is 1. The number of nitrogens with one attached hydrogen (secondary N) is 1. The summed E-state index contributed by atoms with van der Waals surface area (Å²) >= 11 is 1.99. The maximum atomic E-state index is 3.87. The van der Waals surface area contributed by atoms with Gasteiger partial charge in [0, 0.05) is 36.5 Å². The number of rotatable bonds is 7. The summed E-state index contributed by atoms with van der Waals surface area (Å²) < 4.78 is 0. The fourth-order valence-electron chi connectivity index (χ4n) is 3.34. The molecular formula is C16H34N2S. The third kappa shape index (κ3) is 4.12. The summed E-state index contributed by atoms with van der Waals surface area (Å²) in [5.74, 6) is 2.00. The first-order valence-electron chi connectivity index (χ1n) is 8.03. The zero-order chi connectivity index (χ0) is 14.5. The van der Waals surface area contributed by atoms with Crippen molar-refractivity contribution >= 4 is 11.8 Å². The van der Waals surface area contributed by atoms with Gasteiger partial charge < -0.3 is 5.32 Å². The second-order valence-corrected chi connectivity index (χ2v) is 7.28. The van der Waals surface area contributed by atoms with Gasteiger partial charge in [0.15, 0.2) is 0 Å². The van der Waals surface area contributed by atoms with Crippen LogP contribution in [0.5, 0.6) is 0 Å². The molecule has 3 heteroatoms. The molecule has 0 spiro atoms. The molecule has 0 aliphatic carbocycles. The lowest BCUT2D eigenvalue weighted by molar-refractivity contribution is 0.0224. The Morgan fingerprint density at radius 3 is 2.32 bits per heavy atom. The predicted octanol–water partition coefficient (Wildman–Crippen LogP) is 3.62. The van der Waals surface area contributed by atoms with E-state index in [1.807, 2.05) is 11.8 Å². The minimum Gasteiger partial charge on any atom is -0.308 e. The second-order valence-electron chi connectivity index (χ2n) is 6.37. The third-order valence-corrected chi connectivity index (χ3v) is 5.74. The van der Waals surface area contributed by atoms with Crippen LogP contribution in [0.4, 0.5) is 0 Å². The molecule has 2 nitrogen and oxygen atoms in total. The van der Waals surface area contributed by atoms with E-state index < -0.39 is 0 Å². The van der Waals surface area contributed by atoms with Gasteiger partial charge in [-0.05, 0) is 31.4 Å². The van der Waals surface area contributed by atoms with Gasteiger partial charge in [-0.3, -0.25) is 4.90 Å². The lowest BCUT2D eigenvalue weighted by Crippen LogP contribution is -2.67. The van der Waals surface area contributed by atoms with Crippen molar-refractivity contribution in [3.05, 3.63) is 0 Å². The molecule has 2 unspecified atom stereocenters. The van der Waals surface area contributed by atoms with Crippen molar-refractivity contribution in [1.29, 1.82) is 0 Å². The van der Waals surface area contributed by atoms with E-state index in [1.54, 1.807) is 0 Å². The number of thioether (sulfide) groups is 1. The molecule has 0 saturated carbocycles. The largest absolute Gasteiger partial charge is 0.308 e. The molecule has 0 aromatic heterocycles. The van der Waals surface area contributed by atoms with Crippen LogP contribution in [-0.4, -0.2) is 47.6 Å². The van der Waals surface area contributed by atoms with Crippen molar-refractivity contribution in [2.45, 2.75) is 71.5 Å². The molecule has 19 heavy (non-hydrogen) atoms. The maximum Gasteiger partial charge on any atom is 0.0304 e. The molecule has 1 saturated heterocycles. The summed E-state index contributed by atoms with van der Waals surface area (Å²) in [6.07, 6.45) is 5.98. The molecule has 0 radical (unpaired) electrons. The second kappa shape index (κ2) is 7.90. The van der Waals surface area contributed by atoms with Gasteiger partial charge in [0.25, 0.3) is 0 Å². The van der Waals surface area contributed by atoms with Gasteiger partial charge in [-0.2, -0.15) is 11.8 Å². The van der Waals surface area contributed by atoms with E-state index in [9.17, 15) is 0 Å². The highest BCUT2D eigenvalue weighted by molar-refractivity contribution is 7.98. The van der Waals surface area contributed by atoms with Crippen LogP contribution in [0.15, 0.2) is 0 Å². The minimum absolute atomic E-state index is 0.344. The summed E-state index contributed by atoms with van der Waals surface area (Å²) in [5.41, 5.74) is 0.344. The Labute approximate surface area is 125 Å². The Kier molecular flexibility index (Phi) is 7.20. The van der Waals surface area contributed by atoms with Crippen LogP contribution in [0.1, 0.15) is 53.9 Å². The smallest absolute Gasteiger partial charge is 0.0304 e. The minimum atomic E-state index is 0.344. The summed E-state index contributed by atoms with van der Waals surface area (Å²) in [7, 11) is 0. The van der Waals surface area contributed by atoms with Crippen molar-refractivity contribution < 1.29 is 0 Å². The molecule has 2 atom stereocenters. The average molecular weight is 287 g/mol. The van der Waals surface area contributed by atoms with Crippen molar-refractivity contribution in [2.75, 3.05) is 25.1 Å². The molecule has 0 amide bonds. The first kappa shape index (κ1) is 17.3. The van der Waals surface area contributed by atoms with E-state index in [-0.39, 0.29) is 0 Å². The van der Waals surface area contributed by atoms with E-state index in [2.05, 4.69) is 51.1 Å². The highest BCUT2D eigenvalue weighted by Crippen LogP contribution is 2.28. The molecule has 1 aliphatic rings. The Bertz CT molecular complexity index is 251. The van der Waals surface area contributed by atoms with Crippen LogP contribution in [0.2, 0.25) is 0 Å². The van der Waals surface area contributed by atoms with Gasteiger partial charge in [0.05, 0.1) is 0 Å². The molecule has 0 aromatic carbocycles. The summed E-state index contributed by atoms with van der Waals surface area (Å²) in [6.45, 7) is 14.1. The van der Waals surface area contributed by atoms with E-state index in [0.29, 0.717) is 11.6 Å². The Hall–Kier alpha value is 0.270. The highest BCUT2D eigenvalue weighted by Gasteiger charge is 2.39. The summed E-state index contributed by atoms with van der Waals surface area (Å²) in [6, 6.07) is 1.44. The van der Waals surface area contributed by atoms with Crippen molar-refractivity contribution in [1.82, 2.24) is 10.2 Å². The SMILES string of the molecule is CCC(CSC)N1CC(CC)(CC)NCC1C(C)C. The molecule has 1 N–H and O–H groups in total. The molecule has 0 bridgehead atoms. The molecule has 1 aliphatic heterocycles. The van der Waals surface area contributed by atoms with Crippen LogP contribution < -0.4 is 5.32 Å². The molecular weight excluding hydrogens is 252 g/mol. The predicted molar refractivity (Wildman–Crippen MR) is 89.1 cm³/mol. The summed E-state index contributed by atoms with van der Waals surface area (Å²) in [4.78, 5) is 2.82. The number of piperazine rings is 1. The van der Waals surface area contributed by atoms with Crippen molar-refractivity contribution in [3.63, 3.8) is 0 Å². The van der Waals surface area contributed by atoms with Crippen LogP contribution >= 0.6 is 11.8 Å². The molecule has 114 valence electrons. The zero-order valence-electron chi connectivity index (χ0n) is 13.8. The average Bonchev–Trinajstić information content (AvgIpc) is 2.43. The summed E-state index contributed by atoms with van der Waals surface area (Å²) in [5, 5.41) is 3.87. The van der Waals surface area contributed by atoms with Gasteiger partial charge in [0.2, 0.25) is 0 Å². The van der Waals surface area contributed by atoms with Crippen LogP contribution in [0.25, 0.3) is 0 Å². The molecule has 1 fully saturated rings. The number of nitrogens with zero attached hydrogens (tertiary/aromatic N) is 1. The zero-order valence-corrected chi connectivity index (χ0v) is 14.6. The molecule has 1 heterocycles. The van der Waals surface area contributed by atoms with Gasteiger partial charge >= 0.3 is 0 Å². The van der Waals surface area contributed by atoms with Gasteiger partial charge in [-0.15, -0.1) is 0 Å². The van der Waals surface area contributed by atoms with E-state index >= 15 is 0 Å². The van der Waals surface area contributed by atoms with Crippen molar-refractivity contribution in [3.8, 4) is 0 Å². The number of hydrogen-bond acceptors (Lipinski definition) is 3.